The Morgan fingerprint density at radius 3 is 1.16 bits per heavy atom. The first kappa shape index (κ1) is 52.9. The van der Waals surface area contributed by atoms with Crippen LogP contribution in [0, 0.1) is 17.8 Å². The number of carbonyl (C=O) groups excluding carboxylic acids is 2. The van der Waals surface area contributed by atoms with Gasteiger partial charge in [0, 0.05) is 0 Å². The lowest BCUT2D eigenvalue weighted by Crippen LogP contribution is -2.34. The van der Waals surface area contributed by atoms with Crippen LogP contribution in [-0.2, 0) is 19.1 Å². The van der Waals surface area contributed by atoms with E-state index in [-0.39, 0.29) is 29.9 Å². The summed E-state index contributed by atoms with van der Waals surface area (Å²) in [6.45, 7) is 13.5. The molecule has 0 radical (unpaired) electrons. The molecular formula is C50H97NO5. The van der Waals surface area contributed by atoms with Gasteiger partial charge in [-0.05, 0) is 96.2 Å². The van der Waals surface area contributed by atoms with Crippen LogP contribution in [0.2, 0.25) is 0 Å². The lowest BCUT2D eigenvalue weighted by atomic mass is 9.80. The van der Waals surface area contributed by atoms with Crippen molar-refractivity contribution in [1.82, 2.24) is 4.90 Å². The van der Waals surface area contributed by atoms with E-state index in [1.807, 2.05) is 0 Å². The van der Waals surface area contributed by atoms with Crippen LogP contribution >= 0.6 is 0 Å². The predicted molar refractivity (Wildman–Crippen MR) is 239 cm³/mol. The maximum Gasteiger partial charge on any atom is 0.308 e. The molecule has 0 aromatic heterocycles. The molecule has 1 N–H and O–H groups in total. The zero-order valence-electron chi connectivity index (χ0n) is 38.1. The Morgan fingerprint density at radius 2 is 0.786 bits per heavy atom. The van der Waals surface area contributed by atoms with Crippen LogP contribution in [0.5, 0.6) is 0 Å². The van der Waals surface area contributed by atoms with Crippen molar-refractivity contribution in [3.8, 4) is 0 Å². The van der Waals surface area contributed by atoms with Crippen molar-refractivity contribution in [2.24, 2.45) is 17.8 Å². The highest BCUT2D eigenvalue weighted by molar-refractivity contribution is 5.72. The molecule has 1 aliphatic rings. The second-order valence-electron chi connectivity index (χ2n) is 18.0. The van der Waals surface area contributed by atoms with E-state index >= 15 is 0 Å². The predicted octanol–water partition coefficient (Wildman–Crippen LogP) is 14.3. The quantitative estimate of drug-likeness (QED) is 0.0490. The van der Waals surface area contributed by atoms with Crippen LogP contribution in [0.1, 0.15) is 252 Å². The third-order valence-corrected chi connectivity index (χ3v) is 12.6. The molecule has 0 aromatic carbocycles. The minimum Gasteiger partial charge on any atom is -0.465 e. The average molecular weight is 792 g/mol. The number of carbonyl (C=O) groups is 2. The summed E-state index contributed by atoms with van der Waals surface area (Å²) in [6, 6.07) is 0. The Bertz CT molecular complexity index is 802. The average Bonchev–Trinajstić information content (AvgIpc) is 3.18. The number of hydrogen-bond donors (Lipinski definition) is 1. The molecule has 1 fully saturated rings. The van der Waals surface area contributed by atoms with Crippen molar-refractivity contribution in [2.75, 3.05) is 32.8 Å². The summed E-state index contributed by atoms with van der Waals surface area (Å²) >= 11 is 0. The van der Waals surface area contributed by atoms with Gasteiger partial charge in [0.1, 0.15) is 0 Å². The van der Waals surface area contributed by atoms with E-state index in [9.17, 15) is 14.7 Å². The molecule has 0 amide bonds. The fourth-order valence-corrected chi connectivity index (χ4v) is 8.54. The van der Waals surface area contributed by atoms with Crippen molar-refractivity contribution < 1.29 is 24.2 Å². The van der Waals surface area contributed by atoms with E-state index in [0.717, 1.165) is 110 Å². The summed E-state index contributed by atoms with van der Waals surface area (Å²) in [4.78, 5) is 28.7. The SMILES string of the molecule is CCCCCCCCC(CCCCCC)C(=O)OCCCCCCN(CCCCCCOC(=O)C(CCCCCC)CCCCCCCC)CCC1CC(O)C1. The molecule has 0 heterocycles. The van der Waals surface area contributed by atoms with Crippen molar-refractivity contribution >= 4 is 11.9 Å². The molecule has 6 heteroatoms. The van der Waals surface area contributed by atoms with Gasteiger partial charge in [-0.2, -0.15) is 0 Å². The first-order valence-electron chi connectivity index (χ1n) is 25.2. The summed E-state index contributed by atoms with van der Waals surface area (Å²) in [5.74, 6) is 0.994. The summed E-state index contributed by atoms with van der Waals surface area (Å²) in [6.07, 6.45) is 40.9. The number of nitrogens with zero attached hydrogens (tertiary/aromatic N) is 1. The number of rotatable bonds is 43. The molecule has 1 saturated carbocycles. The van der Waals surface area contributed by atoms with Crippen LogP contribution in [0.4, 0.5) is 0 Å². The zero-order valence-corrected chi connectivity index (χ0v) is 38.1. The normalized spacial score (nSPS) is 16.5. The number of hydrogen-bond acceptors (Lipinski definition) is 6. The highest BCUT2D eigenvalue weighted by atomic mass is 16.5. The van der Waals surface area contributed by atoms with Crippen molar-refractivity contribution in [1.29, 1.82) is 0 Å². The topological polar surface area (TPSA) is 76.1 Å². The smallest absolute Gasteiger partial charge is 0.308 e. The molecule has 0 saturated heterocycles. The molecule has 6 nitrogen and oxygen atoms in total. The van der Waals surface area contributed by atoms with Gasteiger partial charge in [-0.1, -0.05) is 182 Å². The summed E-state index contributed by atoms with van der Waals surface area (Å²) < 4.78 is 11.7. The van der Waals surface area contributed by atoms with Crippen LogP contribution in [0.15, 0.2) is 0 Å². The summed E-state index contributed by atoms with van der Waals surface area (Å²) in [5.41, 5.74) is 0. The highest BCUT2D eigenvalue weighted by Crippen LogP contribution is 2.30. The zero-order chi connectivity index (χ0) is 40.7. The molecule has 56 heavy (non-hydrogen) atoms. The first-order chi connectivity index (χ1) is 27.4. The van der Waals surface area contributed by atoms with Crippen LogP contribution in [0.25, 0.3) is 0 Å². The van der Waals surface area contributed by atoms with Gasteiger partial charge in [0.05, 0.1) is 31.2 Å². The molecule has 332 valence electrons. The summed E-state index contributed by atoms with van der Waals surface area (Å²) in [7, 11) is 0. The van der Waals surface area contributed by atoms with Gasteiger partial charge >= 0.3 is 11.9 Å². The Kier molecular flexibility index (Phi) is 37.1. The third-order valence-electron chi connectivity index (χ3n) is 12.6. The van der Waals surface area contributed by atoms with Gasteiger partial charge in [-0.3, -0.25) is 9.59 Å². The highest BCUT2D eigenvalue weighted by Gasteiger charge is 2.27. The van der Waals surface area contributed by atoms with Crippen LogP contribution in [0.3, 0.4) is 0 Å². The van der Waals surface area contributed by atoms with Gasteiger partial charge in [-0.15, -0.1) is 0 Å². The van der Waals surface area contributed by atoms with Crippen molar-refractivity contribution in [3.05, 3.63) is 0 Å². The number of esters is 2. The monoisotopic (exact) mass is 792 g/mol. The second-order valence-corrected chi connectivity index (χ2v) is 18.0. The first-order valence-corrected chi connectivity index (χ1v) is 25.2. The van der Waals surface area contributed by atoms with E-state index in [1.165, 1.54) is 135 Å². The Morgan fingerprint density at radius 1 is 0.464 bits per heavy atom. The number of aliphatic hydroxyl groups is 1. The Labute approximate surface area is 349 Å². The standard InChI is InChI=1S/C50H97NO5/c1-5-9-13-17-19-27-35-46(33-25-15-11-7-3)49(53)55-41-31-23-21-29-38-51(40-37-45-43-48(52)44-45)39-30-22-24-32-42-56-50(54)47(34-26-16-12-8-4)36-28-20-18-14-10-6-2/h45-48,52H,5-44H2,1-4H3. The Balaban J connectivity index is 2.34. The van der Waals surface area contributed by atoms with Crippen LogP contribution < -0.4 is 0 Å². The molecule has 0 aromatic rings. The maximum atomic E-state index is 13.0. The fraction of sp³-hybridized carbons (Fsp3) is 0.960. The lowest BCUT2D eigenvalue weighted by Gasteiger charge is -2.33. The lowest BCUT2D eigenvalue weighted by molar-refractivity contribution is -0.150. The molecule has 1 aliphatic carbocycles. The van der Waals surface area contributed by atoms with Gasteiger partial charge in [0.15, 0.2) is 0 Å². The van der Waals surface area contributed by atoms with Gasteiger partial charge in [0.2, 0.25) is 0 Å². The van der Waals surface area contributed by atoms with E-state index in [0.29, 0.717) is 19.1 Å². The number of ether oxygens (including phenoxy) is 2. The van der Waals surface area contributed by atoms with Crippen molar-refractivity contribution in [3.63, 3.8) is 0 Å². The summed E-state index contributed by atoms with van der Waals surface area (Å²) in [5, 5.41) is 9.79. The van der Waals surface area contributed by atoms with Crippen LogP contribution in [-0.4, -0.2) is 60.9 Å². The van der Waals surface area contributed by atoms with E-state index in [2.05, 4.69) is 32.6 Å². The number of aliphatic hydroxyl groups excluding tert-OH is 1. The molecular weight excluding hydrogens is 695 g/mol. The molecule has 0 spiro atoms. The van der Waals surface area contributed by atoms with E-state index in [4.69, 9.17) is 9.47 Å². The molecule has 2 unspecified atom stereocenters. The van der Waals surface area contributed by atoms with Gasteiger partial charge in [0.25, 0.3) is 0 Å². The van der Waals surface area contributed by atoms with E-state index < -0.39 is 0 Å². The largest absolute Gasteiger partial charge is 0.465 e. The molecule has 1 rings (SSSR count). The minimum absolute atomic E-state index is 0.0611. The third kappa shape index (κ3) is 30.9. The van der Waals surface area contributed by atoms with E-state index in [1.54, 1.807) is 0 Å². The second kappa shape index (κ2) is 39.3. The Hall–Kier alpha value is -1.14. The number of unbranched alkanes of at least 4 members (excludes halogenated alkanes) is 22. The molecule has 0 bridgehead atoms. The van der Waals surface area contributed by atoms with Gasteiger partial charge in [-0.25, -0.2) is 0 Å². The fourth-order valence-electron chi connectivity index (χ4n) is 8.54. The van der Waals surface area contributed by atoms with Gasteiger partial charge < -0.3 is 19.5 Å². The maximum absolute atomic E-state index is 13.0. The molecule has 0 aliphatic heterocycles. The van der Waals surface area contributed by atoms with Crippen molar-refractivity contribution in [2.45, 2.75) is 259 Å². The molecule has 2 atom stereocenters. The minimum atomic E-state index is -0.0737.